The lowest BCUT2D eigenvalue weighted by molar-refractivity contribution is -0.129. The number of halogens is 1. The normalized spacial score (nSPS) is 19.9. The monoisotopic (exact) mass is 555 g/mol. The van der Waals surface area contributed by atoms with Gasteiger partial charge in [-0.05, 0) is 29.8 Å². The highest BCUT2D eigenvalue weighted by Gasteiger charge is 2.60. The summed E-state index contributed by atoms with van der Waals surface area (Å²) in [7, 11) is 4.38. The molecule has 13 heteroatoms. The number of tetrazole rings is 1. The van der Waals surface area contributed by atoms with Gasteiger partial charge in [-0.1, -0.05) is 18.5 Å². The number of carbonyl (C=O) groups excluding carboxylic acids is 2. The number of rotatable bonds is 8. The van der Waals surface area contributed by atoms with Crippen LogP contribution in [0.1, 0.15) is 23.7 Å². The van der Waals surface area contributed by atoms with Crippen LogP contribution in [0.25, 0.3) is 11.4 Å². The predicted molar refractivity (Wildman–Crippen MR) is 140 cm³/mol. The summed E-state index contributed by atoms with van der Waals surface area (Å²) in [5, 5.41) is 24.7. The Kier molecular flexibility index (Phi) is 6.91. The van der Waals surface area contributed by atoms with E-state index in [-0.39, 0.29) is 41.0 Å². The van der Waals surface area contributed by atoms with Crippen molar-refractivity contribution in [1.29, 1.82) is 0 Å². The summed E-state index contributed by atoms with van der Waals surface area (Å²) in [6, 6.07) is 6.78. The molecule has 2 aromatic carbocycles. The summed E-state index contributed by atoms with van der Waals surface area (Å²) in [4.78, 5) is 28.6. The van der Waals surface area contributed by atoms with Crippen molar-refractivity contribution in [3.63, 3.8) is 0 Å². The molecule has 2 N–H and O–H groups in total. The fourth-order valence-corrected chi connectivity index (χ4v) is 5.14. The highest BCUT2D eigenvalue weighted by atomic mass is 35.5. The van der Waals surface area contributed by atoms with E-state index in [0.29, 0.717) is 34.9 Å². The van der Waals surface area contributed by atoms with Gasteiger partial charge in [-0.25, -0.2) is 0 Å². The number of nitrogens with one attached hydrogen (secondary N) is 1. The molecule has 5 rings (SSSR count). The molecule has 204 valence electrons. The van der Waals surface area contributed by atoms with Gasteiger partial charge in [-0.3, -0.25) is 9.59 Å². The molecule has 3 aromatic rings. The second-order valence-electron chi connectivity index (χ2n) is 9.08. The van der Waals surface area contributed by atoms with Gasteiger partial charge in [0.25, 0.3) is 0 Å². The lowest BCUT2D eigenvalue weighted by Crippen LogP contribution is -2.55. The van der Waals surface area contributed by atoms with Crippen molar-refractivity contribution < 1.29 is 33.6 Å². The van der Waals surface area contributed by atoms with Crippen LogP contribution >= 0.6 is 11.6 Å². The third-order valence-electron chi connectivity index (χ3n) is 6.82. The number of benzene rings is 2. The third kappa shape index (κ3) is 4.25. The number of anilines is 1. The fourth-order valence-electron chi connectivity index (χ4n) is 4.88. The molecule has 1 aliphatic heterocycles. The molecule has 0 amide bonds. The van der Waals surface area contributed by atoms with Gasteiger partial charge in [0.1, 0.15) is 27.8 Å². The smallest absolute Gasteiger partial charge is 0.236 e. The molecule has 0 saturated carbocycles. The largest absolute Gasteiger partial charge is 0.496 e. The number of nitrogens with zero attached hydrogens (tertiary/aromatic N) is 4. The topological polar surface area (TPSA) is 147 Å². The molecule has 0 radical (unpaired) electrons. The number of hydrogen-bond acceptors (Lipinski definition) is 11. The predicted octanol–water partition coefficient (Wildman–Crippen LogP) is 2.93. The maximum Gasteiger partial charge on any atom is 0.236 e. The minimum atomic E-state index is -1.78. The molecule has 1 aliphatic carbocycles. The average molecular weight is 556 g/mol. The van der Waals surface area contributed by atoms with Crippen molar-refractivity contribution in [3.8, 4) is 34.4 Å². The Morgan fingerprint density at radius 3 is 2.56 bits per heavy atom. The minimum absolute atomic E-state index is 0.0685. The van der Waals surface area contributed by atoms with E-state index >= 15 is 0 Å². The summed E-state index contributed by atoms with van der Waals surface area (Å²) >= 11 is 6.46. The van der Waals surface area contributed by atoms with Gasteiger partial charge in [0, 0.05) is 29.3 Å². The van der Waals surface area contributed by atoms with Gasteiger partial charge in [-0.2, -0.15) is 4.80 Å². The van der Waals surface area contributed by atoms with Crippen LogP contribution in [0.5, 0.6) is 23.0 Å². The molecule has 0 unspecified atom stereocenters. The van der Waals surface area contributed by atoms with Crippen LogP contribution in [0.2, 0.25) is 5.02 Å². The molecule has 1 spiro atoms. The Hall–Kier alpha value is -4.16. The van der Waals surface area contributed by atoms with Gasteiger partial charge in [0.05, 0.1) is 40.2 Å². The van der Waals surface area contributed by atoms with Crippen LogP contribution in [0, 0.1) is 5.92 Å². The number of fused-ring (bicyclic) bond motifs is 1. The summed E-state index contributed by atoms with van der Waals surface area (Å²) in [6.45, 7) is 1.87. The van der Waals surface area contributed by atoms with Gasteiger partial charge in [0.15, 0.2) is 5.75 Å². The van der Waals surface area contributed by atoms with E-state index in [4.69, 9.17) is 35.7 Å². The van der Waals surface area contributed by atoms with E-state index in [0.717, 1.165) is 0 Å². The average Bonchev–Trinajstić information content (AvgIpc) is 3.52. The highest BCUT2D eigenvalue weighted by molar-refractivity contribution is 6.36. The number of ether oxygens (including phenoxy) is 4. The first kappa shape index (κ1) is 26.4. The van der Waals surface area contributed by atoms with Gasteiger partial charge >= 0.3 is 0 Å². The van der Waals surface area contributed by atoms with Crippen molar-refractivity contribution in [3.05, 3.63) is 46.6 Å². The summed E-state index contributed by atoms with van der Waals surface area (Å²) < 4.78 is 22.3. The standard InChI is InChI=1S/C26H26ClN5O7/c1-13-9-15(28-16-10-14(5-6-17(16)36-2)25-29-31-32(30-25)7-8-33)11-20(34)26(13)24(35)21-18(37-3)12-19(38-4)22(27)23(21)39-26/h5-6,10-13,28,33H,7-9H2,1-4H3/t13-,26+/m1/s1. The Bertz CT molecular complexity index is 1500. The SMILES string of the molecule is COc1ccc(-c2nnn(CCO)n2)cc1NC1=CC(=O)[C@@]2(Oc3c(Cl)c(OC)cc(OC)c3C2=O)[C@H](C)C1. The number of allylic oxidation sites excluding steroid dienone is 1. The zero-order valence-corrected chi connectivity index (χ0v) is 22.4. The van der Waals surface area contributed by atoms with Crippen LogP contribution in [0.3, 0.4) is 0 Å². The Morgan fingerprint density at radius 1 is 1.15 bits per heavy atom. The lowest BCUT2D eigenvalue weighted by atomic mass is 9.74. The second kappa shape index (κ2) is 10.2. The van der Waals surface area contributed by atoms with Gasteiger partial charge in [-0.15, -0.1) is 10.2 Å². The Labute approximate surface area is 228 Å². The Balaban J connectivity index is 1.47. The maximum absolute atomic E-state index is 13.7. The fraction of sp³-hybridized carbons (Fsp3) is 0.346. The zero-order valence-electron chi connectivity index (χ0n) is 21.6. The molecule has 0 fully saturated rings. The molecule has 0 bridgehead atoms. The summed E-state index contributed by atoms with van der Waals surface area (Å²) in [6.07, 6.45) is 1.67. The van der Waals surface area contributed by atoms with Gasteiger partial charge < -0.3 is 29.4 Å². The first-order valence-corrected chi connectivity index (χ1v) is 12.4. The third-order valence-corrected chi connectivity index (χ3v) is 7.17. The van der Waals surface area contributed by atoms with E-state index in [1.807, 2.05) is 0 Å². The van der Waals surface area contributed by atoms with Crippen molar-refractivity contribution in [2.45, 2.75) is 25.5 Å². The van der Waals surface area contributed by atoms with Crippen LogP contribution in [-0.2, 0) is 11.3 Å². The maximum atomic E-state index is 13.7. The molecular formula is C26H26ClN5O7. The summed E-state index contributed by atoms with van der Waals surface area (Å²) in [5.41, 5.74) is 0.109. The van der Waals surface area contributed by atoms with Crippen LogP contribution < -0.4 is 24.3 Å². The molecule has 0 saturated heterocycles. The Morgan fingerprint density at radius 2 is 1.90 bits per heavy atom. The number of hydrogen-bond donors (Lipinski definition) is 2. The first-order chi connectivity index (χ1) is 18.8. The number of Topliss-reactive ketones (excluding diaryl/α,β-unsaturated/α-hetero) is 1. The van der Waals surface area contributed by atoms with Crippen LogP contribution in [0.4, 0.5) is 5.69 Å². The number of carbonyl (C=O) groups is 2. The molecule has 12 nitrogen and oxygen atoms in total. The van der Waals surface area contributed by atoms with E-state index in [1.165, 1.54) is 38.3 Å². The summed E-state index contributed by atoms with van der Waals surface area (Å²) in [5.74, 6) is -0.159. The van der Waals surface area contributed by atoms with Crippen molar-refractivity contribution >= 4 is 28.9 Å². The molecular weight excluding hydrogens is 530 g/mol. The number of ketones is 2. The lowest BCUT2D eigenvalue weighted by Gasteiger charge is -2.35. The quantitative estimate of drug-likeness (QED) is 0.395. The molecule has 2 aliphatic rings. The van der Waals surface area contributed by atoms with Crippen molar-refractivity contribution in [1.82, 2.24) is 20.2 Å². The molecule has 39 heavy (non-hydrogen) atoms. The van der Waals surface area contributed by atoms with E-state index < -0.39 is 23.1 Å². The highest BCUT2D eigenvalue weighted by Crippen LogP contribution is 2.53. The second-order valence-corrected chi connectivity index (χ2v) is 9.46. The molecule has 2 atom stereocenters. The number of aliphatic hydroxyl groups is 1. The van der Waals surface area contributed by atoms with E-state index in [1.54, 1.807) is 25.1 Å². The number of methoxy groups -OCH3 is 3. The zero-order chi connectivity index (χ0) is 27.9. The first-order valence-electron chi connectivity index (χ1n) is 12.0. The van der Waals surface area contributed by atoms with E-state index in [2.05, 4.69) is 20.7 Å². The van der Waals surface area contributed by atoms with Crippen molar-refractivity contribution in [2.75, 3.05) is 33.3 Å². The van der Waals surface area contributed by atoms with Crippen LogP contribution in [0.15, 0.2) is 36.0 Å². The number of aromatic nitrogens is 4. The number of aliphatic hydroxyl groups excluding tert-OH is 1. The van der Waals surface area contributed by atoms with E-state index in [9.17, 15) is 9.59 Å². The van der Waals surface area contributed by atoms with Gasteiger partial charge in [0.2, 0.25) is 23.0 Å². The van der Waals surface area contributed by atoms with Crippen molar-refractivity contribution in [2.24, 2.45) is 5.92 Å². The molecule has 1 aromatic heterocycles. The van der Waals surface area contributed by atoms with Crippen LogP contribution in [-0.4, -0.2) is 70.4 Å². The molecule has 2 heterocycles. The minimum Gasteiger partial charge on any atom is -0.496 e.